The van der Waals surface area contributed by atoms with Crippen LogP contribution in [0, 0.1) is 5.92 Å². The third-order valence-electron chi connectivity index (χ3n) is 5.81. The van der Waals surface area contributed by atoms with Crippen LogP contribution in [0.1, 0.15) is 23.6 Å². The van der Waals surface area contributed by atoms with Gasteiger partial charge in [-0.25, -0.2) is 4.68 Å². The zero-order chi connectivity index (χ0) is 20.3. The molecule has 3 aromatic rings. The molecule has 2 unspecified atom stereocenters. The molecule has 0 radical (unpaired) electrons. The number of carbonyl (C=O) groups excluding carboxylic acids is 2. The summed E-state index contributed by atoms with van der Waals surface area (Å²) < 4.78 is 1.69. The molecular formula is C21H16Cl2N4O2. The number of benzene rings is 2. The molecule has 6 nitrogen and oxygen atoms in total. The number of hydrogen-bond acceptors (Lipinski definition) is 3. The van der Waals surface area contributed by atoms with Crippen molar-refractivity contribution in [2.45, 2.75) is 18.9 Å². The minimum atomic E-state index is -1.17. The van der Waals surface area contributed by atoms with Crippen LogP contribution in [0.5, 0.6) is 0 Å². The zero-order valence-electron chi connectivity index (χ0n) is 15.4. The Balaban J connectivity index is 1.68. The number of halogens is 2. The van der Waals surface area contributed by atoms with Crippen molar-refractivity contribution in [2.75, 3.05) is 10.6 Å². The standard InChI is InChI=1S/C21H16Cl2N4O2/c1-11-19(28)26-18-16(9-24-27(18)10-12-2-4-13(22)5-3-12)21(11)15-8-14(23)6-7-17(15)25-20(21)29/h2-9,11H,10H2,1H3,(H,25,29)(H,26,28). The van der Waals surface area contributed by atoms with E-state index in [0.717, 1.165) is 5.56 Å². The minimum absolute atomic E-state index is 0.238. The van der Waals surface area contributed by atoms with Crippen molar-refractivity contribution >= 4 is 46.5 Å². The SMILES string of the molecule is CC1C(=O)Nc2c(cnn2Cc2ccc(Cl)cc2)C12C(=O)Nc1ccc(Cl)cc12. The van der Waals surface area contributed by atoms with Gasteiger partial charge in [0.1, 0.15) is 11.2 Å². The van der Waals surface area contributed by atoms with Crippen LogP contribution in [-0.2, 0) is 21.5 Å². The van der Waals surface area contributed by atoms with Crippen molar-refractivity contribution in [3.63, 3.8) is 0 Å². The van der Waals surface area contributed by atoms with Gasteiger partial charge in [0.2, 0.25) is 11.8 Å². The fourth-order valence-electron chi connectivity index (χ4n) is 4.34. The molecule has 1 aromatic heterocycles. The van der Waals surface area contributed by atoms with Crippen molar-refractivity contribution in [2.24, 2.45) is 5.92 Å². The van der Waals surface area contributed by atoms with Gasteiger partial charge in [-0.15, -0.1) is 0 Å². The lowest BCUT2D eigenvalue weighted by molar-refractivity contribution is -0.129. The summed E-state index contributed by atoms with van der Waals surface area (Å²) in [6.45, 7) is 2.19. The quantitative estimate of drug-likeness (QED) is 0.648. The van der Waals surface area contributed by atoms with Crippen LogP contribution in [-0.4, -0.2) is 21.6 Å². The number of nitrogens with zero attached hydrogens (tertiary/aromatic N) is 2. The number of aromatic nitrogens is 2. The van der Waals surface area contributed by atoms with Crippen molar-refractivity contribution < 1.29 is 9.59 Å². The van der Waals surface area contributed by atoms with E-state index in [-0.39, 0.29) is 11.8 Å². The average Bonchev–Trinajstić information content (AvgIpc) is 3.21. The molecule has 1 spiro atoms. The van der Waals surface area contributed by atoms with Crippen molar-refractivity contribution in [3.8, 4) is 0 Å². The van der Waals surface area contributed by atoms with E-state index in [1.165, 1.54) is 0 Å². The van der Waals surface area contributed by atoms with Gasteiger partial charge < -0.3 is 10.6 Å². The first kappa shape index (κ1) is 18.2. The van der Waals surface area contributed by atoms with Gasteiger partial charge in [0.25, 0.3) is 0 Å². The first-order chi connectivity index (χ1) is 13.9. The largest absolute Gasteiger partial charge is 0.325 e. The lowest BCUT2D eigenvalue weighted by Gasteiger charge is -2.37. The molecule has 2 aromatic carbocycles. The summed E-state index contributed by atoms with van der Waals surface area (Å²) in [5.74, 6) is -0.586. The summed E-state index contributed by atoms with van der Waals surface area (Å²) in [6.07, 6.45) is 1.66. The van der Waals surface area contributed by atoms with E-state index < -0.39 is 11.3 Å². The molecule has 8 heteroatoms. The number of carbonyl (C=O) groups is 2. The molecule has 2 aliphatic heterocycles. The van der Waals surface area contributed by atoms with E-state index in [1.807, 2.05) is 12.1 Å². The summed E-state index contributed by atoms with van der Waals surface area (Å²) in [5, 5.41) is 11.5. The summed E-state index contributed by atoms with van der Waals surface area (Å²) >= 11 is 12.2. The second-order valence-electron chi connectivity index (χ2n) is 7.35. The molecule has 5 rings (SSSR count). The van der Waals surface area contributed by atoms with Crippen LogP contribution in [0.15, 0.2) is 48.7 Å². The maximum Gasteiger partial charge on any atom is 0.240 e. The van der Waals surface area contributed by atoms with E-state index in [0.29, 0.717) is 39.2 Å². The van der Waals surface area contributed by atoms with Crippen LogP contribution in [0.4, 0.5) is 11.5 Å². The maximum atomic E-state index is 13.3. The van der Waals surface area contributed by atoms with Gasteiger partial charge >= 0.3 is 0 Å². The van der Waals surface area contributed by atoms with Gasteiger partial charge in [-0.05, 0) is 41.5 Å². The van der Waals surface area contributed by atoms with Crippen molar-refractivity contribution in [1.82, 2.24) is 9.78 Å². The number of amides is 2. The molecular weight excluding hydrogens is 411 g/mol. The highest BCUT2D eigenvalue weighted by Gasteiger charge is 2.58. The molecule has 0 aliphatic carbocycles. The third kappa shape index (κ3) is 2.52. The molecule has 0 saturated heterocycles. The molecule has 0 fully saturated rings. The Bertz CT molecular complexity index is 1170. The molecule has 29 heavy (non-hydrogen) atoms. The molecule has 2 atom stereocenters. The Hall–Kier alpha value is -2.83. The smallest absolute Gasteiger partial charge is 0.240 e. The Morgan fingerprint density at radius 1 is 1.03 bits per heavy atom. The summed E-state index contributed by atoms with van der Waals surface area (Å²) in [6, 6.07) is 12.6. The van der Waals surface area contributed by atoms with Crippen LogP contribution in [0.2, 0.25) is 10.0 Å². The molecule has 0 saturated carbocycles. The summed E-state index contributed by atoms with van der Waals surface area (Å²) in [5.41, 5.74) is 1.83. The number of anilines is 2. The van der Waals surface area contributed by atoms with E-state index in [9.17, 15) is 9.59 Å². The van der Waals surface area contributed by atoms with Gasteiger partial charge in [0.05, 0.1) is 18.7 Å². The molecule has 2 aliphatic rings. The van der Waals surface area contributed by atoms with Gasteiger partial charge in [-0.2, -0.15) is 5.10 Å². The van der Waals surface area contributed by atoms with Gasteiger partial charge in [0, 0.05) is 21.3 Å². The second kappa shape index (κ2) is 6.34. The van der Waals surface area contributed by atoms with E-state index in [1.54, 1.807) is 48.1 Å². The minimum Gasteiger partial charge on any atom is -0.325 e. The zero-order valence-corrected chi connectivity index (χ0v) is 16.9. The topological polar surface area (TPSA) is 76.0 Å². The highest BCUT2D eigenvalue weighted by atomic mass is 35.5. The lowest BCUT2D eigenvalue weighted by Crippen LogP contribution is -2.50. The van der Waals surface area contributed by atoms with Crippen molar-refractivity contribution in [3.05, 3.63) is 75.4 Å². The van der Waals surface area contributed by atoms with E-state index in [2.05, 4.69) is 15.7 Å². The first-order valence-electron chi connectivity index (χ1n) is 9.14. The Kier molecular flexibility index (Phi) is 3.98. The van der Waals surface area contributed by atoms with Crippen LogP contribution in [0.25, 0.3) is 0 Å². The van der Waals surface area contributed by atoms with Crippen LogP contribution < -0.4 is 10.6 Å². The normalized spacial score (nSPS) is 22.2. The predicted octanol–water partition coefficient (Wildman–Crippen LogP) is 4.06. The van der Waals surface area contributed by atoms with E-state index >= 15 is 0 Å². The number of fused-ring (bicyclic) bond motifs is 4. The van der Waals surface area contributed by atoms with Crippen molar-refractivity contribution in [1.29, 1.82) is 0 Å². The van der Waals surface area contributed by atoms with Gasteiger partial charge in [0.15, 0.2) is 0 Å². The fraction of sp³-hybridized carbons (Fsp3) is 0.190. The Labute approximate surface area is 176 Å². The molecule has 2 N–H and O–H groups in total. The first-order valence-corrected chi connectivity index (χ1v) is 9.90. The molecule has 2 amide bonds. The monoisotopic (exact) mass is 426 g/mol. The summed E-state index contributed by atoms with van der Waals surface area (Å²) in [7, 11) is 0. The fourth-order valence-corrected chi connectivity index (χ4v) is 4.63. The molecule has 146 valence electrons. The molecule has 3 heterocycles. The average molecular weight is 427 g/mol. The lowest BCUT2D eigenvalue weighted by atomic mass is 9.65. The van der Waals surface area contributed by atoms with Crippen LogP contribution >= 0.6 is 23.2 Å². The number of rotatable bonds is 2. The number of nitrogens with one attached hydrogen (secondary N) is 2. The highest BCUT2D eigenvalue weighted by Crippen LogP contribution is 2.52. The third-order valence-corrected chi connectivity index (χ3v) is 6.29. The second-order valence-corrected chi connectivity index (χ2v) is 8.23. The Morgan fingerprint density at radius 3 is 2.52 bits per heavy atom. The van der Waals surface area contributed by atoms with Gasteiger partial charge in [-0.1, -0.05) is 42.3 Å². The highest BCUT2D eigenvalue weighted by molar-refractivity contribution is 6.31. The number of hydrogen-bond donors (Lipinski definition) is 2. The summed E-state index contributed by atoms with van der Waals surface area (Å²) in [4.78, 5) is 26.2. The maximum absolute atomic E-state index is 13.3. The predicted molar refractivity (Wildman–Crippen MR) is 111 cm³/mol. The van der Waals surface area contributed by atoms with E-state index in [4.69, 9.17) is 23.2 Å². The van der Waals surface area contributed by atoms with Crippen LogP contribution in [0.3, 0.4) is 0 Å². The Morgan fingerprint density at radius 2 is 1.76 bits per heavy atom. The molecule has 0 bridgehead atoms. The van der Waals surface area contributed by atoms with Gasteiger partial charge in [-0.3, -0.25) is 9.59 Å².